The van der Waals surface area contributed by atoms with Crippen molar-refractivity contribution in [3.63, 3.8) is 0 Å². The average Bonchev–Trinajstić information content (AvgIpc) is 2.36. The minimum atomic E-state index is -2.55. The van der Waals surface area contributed by atoms with E-state index in [1.54, 1.807) is 21.3 Å². The van der Waals surface area contributed by atoms with Crippen LogP contribution in [0.5, 0.6) is 0 Å². The molecule has 0 rings (SSSR count). The van der Waals surface area contributed by atoms with Gasteiger partial charge in [0.15, 0.2) is 0 Å². The van der Waals surface area contributed by atoms with Crippen molar-refractivity contribution in [1.29, 1.82) is 0 Å². The van der Waals surface area contributed by atoms with Crippen LogP contribution in [0.1, 0.15) is 39.5 Å². The Morgan fingerprint density at radius 2 is 1.35 bits per heavy atom. The maximum atomic E-state index is 5.73. The summed E-state index contributed by atoms with van der Waals surface area (Å²) in [5.74, 6) is 0.641. The molecular weight excluding hydrogens is 236 g/mol. The van der Waals surface area contributed by atoms with Gasteiger partial charge >= 0.3 is 8.80 Å². The van der Waals surface area contributed by atoms with Crippen molar-refractivity contribution < 1.29 is 18.0 Å². The van der Waals surface area contributed by atoms with E-state index in [4.69, 9.17) is 18.0 Å². The lowest BCUT2D eigenvalue weighted by Gasteiger charge is -2.25. The van der Waals surface area contributed by atoms with E-state index in [9.17, 15) is 0 Å². The Bertz CT molecular complexity index is 160. The second kappa shape index (κ2) is 10.0. The van der Waals surface area contributed by atoms with E-state index in [1.807, 2.05) is 0 Å². The van der Waals surface area contributed by atoms with Crippen molar-refractivity contribution in [2.75, 3.05) is 34.2 Å². The average molecular weight is 264 g/mol. The van der Waals surface area contributed by atoms with Crippen LogP contribution in [0.3, 0.4) is 0 Å². The van der Waals surface area contributed by atoms with Gasteiger partial charge in [0, 0.05) is 27.9 Å². The third-order valence-electron chi connectivity index (χ3n) is 2.96. The number of hydrogen-bond donors (Lipinski definition) is 0. The lowest BCUT2D eigenvalue weighted by Crippen LogP contribution is -2.48. The van der Waals surface area contributed by atoms with E-state index < -0.39 is 8.80 Å². The van der Waals surface area contributed by atoms with Crippen molar-refractivity contribution in [2.45, 2.75) is 39.5 Å². The highest BCUT2D eigenvalue weighted by molar-refractivity contribution is 6.60. The Kier molecular flexibility index (Phi) is 10.1. The summed E-state index contributed by atoms with van der Waals surface area (Å²) in [5.41, 5.74) is 0. The van der Waals surface area contributed by atoms with Gasteiger partial charge in [-0.25, -0.2) is 0 Å². The Morgan fingerprint density at radius 1 is 0.882 bits per heavy atom. The van der Waals surface area contributed by atoms with Gasteiger partial charge in [0.2, 0.25) is 0 Å². The maximum absolute atomic E-state index is 5.73. The monoisotopic (exact) mass is 264 g/mol. The molecule has 0 aliphatic carbocycles. The predicted molar refractivity (Wildman–Crippen MR) is 70.9 cm³/mol. The highest BCUT2D eigenvalue weighted by Crippen LogP contribution is 2.15. The normalized spacial score (nSPS) is 12.4. The minimum absolute atomic E-state index is 0.431. The van der Waals surface area contributed by atoms with Crippen LogP contribution < -0.4 is 0 Å². The van der Waals surface area contributed by atoms with Crippen molar-refractivity contribution in [3.05, 3.63) is 0 Å². The van der Waals surface area contributed by atoms with E-state index in [0.717, 1.165) is 6.61 Å². The zero-order valence-electron chi connectivity index (χ0n) is 12.0. The van der Waals surface area contributed by atoms with Crippen molar-refractivity contribution in [3.8, 4) is 0 Å². The molecule has 0 unspecified atom stereocenters. The van der Waals surface area contributed by atoms with Crippen LogP contribution in [0.15, 0.2) is 0 Å². The Labute approximate surface area is 107 Å². The zero-order chi connectivity index (χ0) is 13.1. The SMILES string of the molecule is CCCC(CCC)COC[Si](OC)(OC)OC. The smallest absolute Gasteiger partial charge is 0.377 e. The molecule has 0 aromatic rings. The molecule has 0 N–H and O–H groups in total. The van der Waals surface area contributed by atoms with Gasteiger partial charge in [0.05, 0.1) is 0 Å². The fraction of sp³-hybridized carbons (Fsp3) is 1.00. The van der Waals surface area contributed by atoms with Gasteiger partial charge in [-0.15, -0.1) is 0 Å². The van der Waals surface area contributed by atoms with E-state index in [-0.39, 0.29) is 0 Å². The minimum Gasteiger partial charge on any atom is -0.377 e. The van der Waals surface area contributed by atoms with Gasteiger partial charge < -0.3 is 18.0 Å². The summed E-state index contributed by atoms with van der Waals surface area (Å²) in [4.78, 5) is 0. The first kappa shape index (κ1) is 17.1. The molecule has 0 saturated heterocycles. The molecule has 4 nitrogen and oxygen atoms in total. The van der Waals surface area contributed by atoms with Crippen LogP contribution in [0.4, 0.5) is 0 Å². The second-order valence-electron chi connectivity index (χ2n) is 4.25. The molecule has 17 heavy (non-hydrogen) atoms. The summed E-state index contributed by atoms with van der Waals surface area (Å²) in [6.45, 7) is 5.19. The lowest BCUT2D eigenvalue weighted by atomic mass is 10.00. The van der Waals surface area contributed by atoms with Crippen LogP contribution in [0.2, 0.25) is 0 Å². The molecule has 0 aliphatic heterocycles. The highest BCUT2D eigenvalue weighted by atomic mass is 28.4. The van der Waals surface area contributed by atoms with Crippen LogP contribution in [0, 0.1) is 5.92 Å². The molecule has 104 valence electrons. The molecule has 0 atom stereocenters. The van der Waals surface area contributed by atoms with Crippen LogP contribution in [0.25, 0.3) is 0 Å². The Morgan fingerprint density at radius 3 is 1.71 bits per heavy atom. The van der Waals surface area contributed by atoms with Crippen molar-refractivity contribution in [2.24, 2.45) is 5.92 Å². The fourth-order valence-electron chi connectivity index (χ4n) is 1.90. The summed E-state index contributed by atoms with van der Waals surface area (Å²) in [5, 5.41) is 0. The van der Waals surface area contributed by atoms with Crippen molar-refractivity contribution in [1.82, 2.24) is 0 Å². The van der Waals surface area contributed by atoms with E-state index in [1.165, 1.54) is 25.7 Å². The summed E-state index contributed by atoms with van der Waals surface area (Å²) in [6.07, 6.45) is 5.27. The van der Waals surface area contributed by atoms with Gasteiger partial charge in [-0.1, -0.05) is 26.7 Å². The summed E-state index contributed by atoms with van der Waals surface area (Å²) < 4.78 is 21.6. The Hall–Kier alpha value is 0.0569. The molecule has 0 spiro atoms. The topological polar surface area (TPSA) is 36.9 Å². The first-order valence-electron chi connectivity index (χ1n) is 6.41. The van der Waals surface area contributed by atoms with Crippen molar-refractivity contribution >= 4 is 8.80 Å². The summed E-state index contributed by atoms with van der Waals surface area (Å²) in [6, 6.07) is 0. The summed E-state index contributed by atoms with van der Waals surface area (Å²) >= 11 is 0. The zero-order valence-corrected chi connectivity index (χ0v) is 13.0. The quantitative estimate of drug-likeness (QED) is 0.538. The van der Waals surface area contributed by atoms with E-state index >= 15 is 0 Å². The maximum Gasteiger partial charge on any atom is 0.527 e. The molecule has 0 aliphatic rings. The van der Waals surface area contributed by atoms with Gasteiger partial charge in [-0.3, -0.25) is 0 Å². The Balaban J connectivity index is 3.99. The molecule has 5 heteroatoms. The van der Waals surface area contributed by atoms with Gasteiger partial charge in [-0.05, 0) is 18.8 Å². The molecular formula is C12H28O4Si. The summed E-state index contributed by atoms with van der Waals surface area (Å²) in [7, 11) is 2.28. The molecule has 0 heterocycles. The van der Waals surface area contributed by atoms with Gasteiger partial charge in [-0.2, -0.15) is 0 Å². The third kappa shape index (κ3) is 6.52. The second-order valence-corrected chi connectivity index (χ2v) is 7.13. The van der Waals surface area contributed by atoms with E-state index in [2.05, 4.69) is 13.8 Å². The molecule has 0 radical (unpaired) electrons. The lowest BCUT2D eigenvalue weighted by molar-refractivity contribution is 0.0484. The number of hydrogen-bond acceptors (Lipinski definition) is 4. The van der Waals surface area contributed by atoms with Gasteiger partial charge in [0.1, 0.15) is 6.23 Å². The van der Waals surface area contributed by atoms with Crippen LogP contribution >= 0.6 is 0 Å². The molecule has 0 bridgehead atoms. The highest BCUT2D eigenvalue weighted by Gasteiger charge is 2.38. The van der Waals surface area contributed by atoms with E-state index in [0.29, 0.717) is 12.1 Å². The molecule has 0 aromatic heterocycles. The largest absolute Gasteiger partial charge is 0.527 e. The number of ether oxygens (including phenoxy) is 1. The molecule has 0 fully saturated rings. The molecule has 0 saturated carbocycles. The standard InChI is InChI=1S/C12H28O4Si/c1-6-8-12(9-7-2)10-16-11-17(13-3,14-4)15-5/h12H,6-11H2,1-5H3. The first-order valence-corrected chi connectivity index (χ1v) is 8.34. The number of rotatable bonds is 11. The fourth-order valence-corrected chi connectivity index (χ4v) is 3.13. The van der Waals surface area contributed by atoms with Gasteiger partial charge in [0.25, 0.3) is 0 Å². The molecule has 0 aromatic carbocycles. The third-order valence-corrected chi connectivity index (χ3v) is 5.38. The first-order chi connectivity index (χ1) is 8.17. The molecule has 0 amide bonds. The van der Waals surface area contributed by atoms with Crippen LogP contribution in [-0.2, 0) is 18.0 Å². The predicted octanol–water partition coefficient (Wildman–Crippen LogP) is 2.64. The van der Waals surface area contributed by atoms with Crippen LogP contribution in [-0.4, -0.2) is 43.0 Å².